The molecule has 2 unspecified atom stereocenters. The molecular formula is C54H93NO7. The number of aliphatic carboxylic acids is 1. The van der Waals surface area contributed by atoms with Crippen LogP contribution in [0.15, 0.2) is 72.9 Å². The van der Waals surface area contributed by atoms with Crippen LogP contribution in [-0.4, -0.2) is 75.5 Å². The fourth-order valence-electron chi connectivity index (χ4n) is 6.98. The molecule has 0 bridgehead atoms. The number of quaternary nitrogens is 1. The van der Waals surface area contributed by atoms with Gasteiger partial charge in [-0.1, -0.05) is 177 Å². The lowest BCUT2D eigenvalue weighted by Gasteiger charge is -2.34. The summed E-state index contributed by atoms with van der Waals surface area (Å²) in [6.45, 7) is 4.48. The van der Waals surface area contributed by atoms with Crippen LogP contribution >= 0.6 is 0 Å². The molecule has 0 N–H and O–H groups in total. The zero-order valence-corrected chi connectivity index (χ0v) is 40.5. The molecule has 0 aromatic carbocycles. The van der Waals surface area contributed by atoms with E-state index in [4.69, 9.17) is 14.2 Å². The summed E-state index contributed by atoms with van der Waals surface area (Å²) in [5.41, 5.74) is 0. The Bertz CT molecular complexity index is 1240. The largest absolute Gasteiger partial charge is 0.544 e. The minimum Gasteiger partial charge on any atom is -0.544 e. The summed E-state index contributed by atoms with van der Waals surface area (Å²) in [6, 6.07) is -0.738. The second kappa shape index (κ2) is 44.4. The first kappa shape index (κ1) is 58.8. The molecule has 0 rings (SSSR count). The van der Waals surface area contributed by atoms with Crippen molar-refractivity contribution in [3.8, 4) is 0 Å². The number of nitrogens with zero attached hydrogens (tertiary/aromatic N) is 1. The summed E-state index contributed by atoms with van der Waals surface area (Å²) in [5.74, 6) is -1.81. The van der Waals surface area contributed by atoms with Crippen LogP contribution < -0.4 is 5.11 Å². The van der Waals surface area contributed by atoms with Gasteiger partial charge in [-0.05, 0) is 77.0 Å². The van der Waals surface area contributed by atoms with E-state index in [9.17, 15) is 19.5 Å². The van der Waals surface area contributed by atoms with Crippen molar-refractivity contribution in [2.75, 3.05) is 41.0 Å². The predicted molar refractivity (Wildman–Crippen MR) is 259 cm³/mol. The molecule has 2 atom stereocenters. The lowest BCUT2D eigenvalue weighted by molar-refractivity contribution is -0.889. The van der Waals surface area contributed by atoms with Crippen LogP contribution in [0.25, 0.3) is 0 Å². The fraction of sp³-hybridized carbons (Fsp3) is 0.722. The van der Waals surface area contributed by atoms with Crippen LogP contribution in [0.4, 0.5) is 0 Å². The maximum atomic E-state index is 12.7. The van der Waals surface area contributed by atoms with E-state index in [0.29, 0.717) is 12.8 Å². The molecule has 0 aromatic rings. The number of rotatable bonds is 44. The maximum Gasteiger partial charge on any atom is 0.306 e. The Kier molecular flexibility index (Phi) is 42.1. The van der Waals surface area contributed by atoms with Gasteiger partial charge in [-0.15, -0.1) is 0 Å². The minimum atomic E-state index is -1.13. The molecule has 62 heavy (non-hydrogen) atoms. The molecule has 0 aliphatic rings. The first-order valence-electron chi connectivity index (χ1n) is 25.0. The molecule has 0 radical (unpaired) electrons. The number of ether oxygens (including phenoxy) is 3. The number of likely N-dealkylation sites (N-methyl/N-ethyl adjacent to an activating group) is 1. The molecule has 356 valence electrons. The summed E-state index contributed by atoms with van der Waals surface area (Å²) in [5, 5.41) is 11.7. The van der Waals surface area contributed by atoms with Gasteiger partial charge in [0.15, 0.2) is 6.10 Å². The first-order valence-corrected chi connectivity index (χ1v) is 25.0. The monoisotopic (exact) mass is 868 g/mol. The summed E-state index contributed by atoms with van der Waals surface area (Å²) >= 11 is 0. The SMILES string of the molecule is CC/C=C/C/C=C/CCCCCCCCCCCCCCCCC(=O)OCC(COCCC(C(=O)[O-])[N+](C)(C)C)OC(=O)CCC/C=C/C/C=C/C/C=C/C/C=C/CCCCC. The van der Waals surface area contributed by atoms with Crippen LogP contribution in [0, 0.1) is 0 Å². The highest BCUT2D eigenvalue weighted by Gasteiger charge is 2.25. The minimum absolute atomic E-state index is 0.0168. The maximum absolute atomic E-state index is 12.7. The highest BCUT2D eigenvalue weighted by Crippen LogP contribution is 2.15. The van der Waals surface area contributed by atoms with Crippen LogP contribution in [0.3, 0.4) is 0 Å². The van der Waals surface area contributed by atoms with Gasteiger partial charge in [-0.3, -0.25) is 9.59 Å². The Labute approximate surface area is 381 Å². The Balaban J connectivity index is 4.31. The van der Waals surface area contributed by atoms with Gasteiger partial charge < -0.3 is 28.6 Å². The Morgan fingerprint density at radius 1 is 0.500 bits per heavy atom. The van der Waals surface area contributed by atoms with Gasteiger partial charge in [0.1, 0.15) is 12.6 Å². The lowest BCUT2D eigenvalue weighted by Crippen LogP contribution is -2.55. The fourth-order valence-corrected chi connectivity index (χ4v) is 6.98. The molecule has 0 aromatic heterocycles. The van der Waals surface area contributed by atoms with Crippen LogP contribution in [0.2, 0.25) is 0 Å². The lowest BCUT2D eigenvalue weighted by atomic mass is 10.0. The average molecular weight is 868 g/mol. The molecule has 0 fully saturated rings. The van der Waals surface area contributed by atoms with E-state index in [1.807, 2.05) is 0 Å². The number of carbonyl (C=O) groups excluding carboxylic acids is 3. The van der Waals surface area contributed by atoms with E-state index in [0.717, 1.165) is 57.8 Å². The number of allylic oxidation sites excluding steroid dienone is 12. The van der Waals surface area contributed by atoms with E-state index < -0.39 is 18.1 Å². The van der Waals surface area contributed by atoms with Crippen molar-refractivity contribution in [1.29, 1.82) is 0 Å². The third-order valence-corrected chi connectivity index (χ3v) is 10.8. The number of hydrogen-bond donors (Lipinski definition) is 0. The van der Waals surface area contributed by atoms with Gasteiger partial charge in [-0.2, -0.15) is 0 Å². The van der Waals surface area contributed by atoms with Gasteiger partial charge >= 0.3 is 11.9 Å². The predicted octanol–water partition coefficient (Wildman–Crippen LogP) is 13.0. The molecule has 8 nitrogen and oxygen atoms in total. The van der Waals surface area contributed by atoms with E-state index in [1.54, 1.807) is 21.1 Å². The van der Waals surface area contributed by atoms with Crippen molar-refractivity contribution in [3.63, 3.8) is 0 Å². The third-order valence-electron chi connectivity index (χ3n) is 10.8. The Morgan fingerprint density at radius 2 is 0.919 bits per heavy atom. The molecule has 0 saturated carbocycles. The molecular weight excluding hydrogens is 775 g/mol. The summed E-state index contributed by atoms with van der Waals surface area (Å²) in [4.78, 5) is 37.0. The summed E-state index contributed by atoms with van der Waals surface area (Å²) in [6.07, 6.45) is 56.6. The van der Waals surface area contributed by atoms with Gasteiger partial charge in [0, 0.05) is 19.3 Å². The highest BCUT2D eigenvalue weighted by molar-refractivity contribution is 5.70. The normalized spacial score (nSPS) is 13.5. The quantitative estimate of drug-likeness (QED) is 0.0260. The van der Waals surface area contributed by atoms with Crippen molar-refractivity contribution in [3.05, 3.63) is 72.9 Å². The van der Waals surface area contributed by atoms with Gasteiger partial charge in [0.25, 0.3) is 0 Å². The van der Waals surface area contributed by atoms with Crippen LogP contribution in [0.1, 0.15) is 200 Å². The van der Waals surface area contributed by atoms with Crippen molar-refractivity contribution < 1.29 is 38.2 Å². The van der Waals surface area contributed by atoms with E-state index in [1.165, 1.54) is 103 Å². The number of carboxylic acid groups (broad SMARTS) is 1. The average Bonchev–Trinajstić information content (AvgIpc) is 3.23. The third kappa shape index (κ3) is 42.1. The highest BCUT2D eigenvalue weighted by atomic mass is 16.6. The number of carboxylic acids is 1. The van der Waals surface area contributed by atoms with Crippen molar-refractivity contribution in [1.82, 2.24) is 0 Å². The van der Waals surface area contributed by atoms with Gasteiger partial charge in [0.2, 0.25) is 0 Å². The van der Waals surface area contributed by atoms with Crippen LogP contribution in [0.5, 0.6) is 0 Å². The van der Waals surface area contributed by atoms with Crippen molar-refractivity contribution in [2.45, 2.75) is 212 Å². The zero-order valence-electron chi connectivity index (χ0n) is 40.5. The van der Waals surface area contributed by atoms with E-state index >= 15 is 0 Å². The molecule has 0 amide bonds. The topological polar surface area (TPSA) is 102 Å². The summed E-state index contributed by atoms with van der Waals surface area (Å²) in [7, 11) is 5.39. The second-order valence-electron chi connectivity index (χ2n) is 17.7. The van der Waals surface area contributed by atoms with Crippen molar-refractivity contribution >= 4 is 17.9 Å². The van der Waals surface area contributed by atoms with Crippen molar-refractivity contribution in [2.24, 2.45) is 0 Å². The first-order chi connectivity index (χ1) is 30.1. The van der Waals surface area contributed by atoms with Crippen LogP contribution in [-0.2, 0) is 28.6 Å². The number of unbranched alkanes of at least 4 members (excludes halogenated alkanes) is 18. The Morgan fingerprint density at radius 3 is 1.39 bits per heavy atom. The number of hydrogen-bond acceptors (Lipinski definition) is 7. The zero-order chi connectivity index (χ0) is 45.6. The Hall–Kier alpha value is -3.23. The standard InChI is InChI=1S/C54H93NO7/c1-6-8-10-12-14-16-18-20-22-24-25-26-27-29-30-32-34-36-38-40-42-44-52(56)61-49-50(48-60-47-46-51(54(58)59)55(3,4)5)62-53(57)45-43-41-39-37-35-33-31-28-23-21-19-17-15-13-11-9-7-2/h8,10,14-17,21,23,31,33,37,39,50-51H,6-7,9,11-13,18-20,22,24-30,32,34-36,38,40-49H2,1-5H3/b10-8+,16-14+,17-15+,23-21+,33-31+,39-37+. The molecule has 0 aliphatic heterocycles. The van der Waals surface area contributed by atoms with E-state index in [2.05, 4.69) is 86.8 Å². The molecule has 0 aliphatic carbocycles. The summed E-state index contributed by atoms with van der Waals surface area (Å²) < 4.78 is 17.2. The molecule has 0 spiro atoms. The smallest absolute Gasteiger partial charge is 0.306 e. The number of esters is 2. The molecule has 8 heteroatoms. The molecule has 0 heterocycles. The van der Waals surface area contributed by atoms with Gasteiger partial charge in [-0.25, -0.2) is 0 Å². The van der Waals surface area contributed by atoms with E-state index in [-0.39, 0.29) is 49.1 Å². The van der Waals surface area contributed by atoms with Gasteiger partial charge in [0.05, 0.1) is 40.3 Å². The number of carbonyl (C=O) groups is 3. The second-order valence-corrected chi connectivity index (χ2v) is 17.7. The molecule has 0 saturated heterocycles.